The quantitative estimate of drug-likeness (QED) is 0.604. The highest BCUT2D eigenvalue weighted by molar-refractivity contribution is 7.11. The molecule has 4 nitrogen and oxygen atoms in total. The van der Waals surface area contributed by atoms with Crippen LogP contribution >= 0.6 is 11.3 Å². The molecule has 1 unspecified atom stereocenters. The molecule has 2 rings (SSSR count). The van der Waals surface area contributed by atoms with Crippen LogP contribution in [0.1, 0.15) is 48.9 Å². The summed E-state index contributed by atoms with van der Waals surface area (Å²) in [5.41, 5.74) is 0.861. The maximum absolute atomic E-state index is 13.2. The van der Waals surface area contributed by atoms with Crippen LogP contribution in [0.3, 0.4) is 0 Å². The Morgan fingerprint density at radius 2 is 1.71 bits per heavy atom. The van der Waals surface area contributed by atoms with Crippen LogP contribution in [0, 0.1) is 12.7 Å². The molecule has 0 bridgehead atoms. The van der Waals surface area contributed by atoms with E-state index in [2.05, 4.69) is 0 Å². The average molecular weight is 405 g/mol. The molecule has 1 atom stereocenters. The van der Waals surface area contributed by atoms with Gasteiger partial charge in [0, 0.05) is 28.8 Å². The van der Waals surface area contributed by atoms with Crippen LogP contribution in [0.4, 0.5) is 4.39 Å². The highest BCUT2D eigenvalue weighted by atomic mass is 32.1. The minimum atomic E-state index is -0.299. The molecule has 0 spiro atoms. The molecule has 0 saturated carbocycles. The summed E-state index contributed by atoms with van der Waals surface area (Å²) in [6.07, 6.45) is 1.17. The van der Waals surface area contributed by atoms with Crippen molar-refractivity contribution in [3.8, 4) is 0 Å². The molecule has 6 heteroatoms. The zero-order valence-electron chi connectivity index (χ0n) is 17.1. The number of amides is 2. The average Bonchev–Trinajstić information content (AvgIpc) is 3.10. The maximum atomic E-state index is 13.2. The molecule has 2 aromatic rings. The van der Waals surface area contributed by atoms with Crippen LogP contribution in [-0.2, 0) is 22.7 Å². The van der Waals surface area contributed by atoms with Crippen LogP contribution in [-0.4, -0.2) is 34.2 Å². The van der Waals surface area contributed by atoms with E-state index in [4.69, 9.17) is 0 Å². The van der Waals surface area contributed by atoms with Crippen molar-refractivity contribution in [3.05, 3.63) is 57.5 Å². The Balaban J connectivity index is 2.21. The lowest BCUT2D eigenvalue weighted by Crippen LogP contribution is -2.46. The molecule has 0 aliphatic carbocycles. The van der Waals surface area contributed by atoms with Gasteiger partial charge in [-0.1, -0.05) is 26.0 Å². The van der Waals surface area contributed by atoms with Crippen molar-refractivity contribution < 1.29 is 14.0 Å². The van der Waals surface area contributed by atoms with Crippen LogP contribution in [0.15, 0.2) is 36.4 Å². The SMILES string of the molecule is CCC(=O)N(CC(=O)N(Cc1ccc(F)cc1)Cc1ccc(C)s1)C(C)CC. The van der Waals surface area contributed by atoms with Crippen molar-refractivity contribution in [2.24, 2.45) is 0 Å². The lowest BCUT2D eigenvalue weighted by atomic mass is 10.2. The van der Waals surface area contributed by atoms with E-state index >= 15 is 0 Å². The Kier molecular flexibility index (Phi) is 8.18. The van der Waals surface area contributed by atoms with Gasteiger partial charge >= 0.3 is 0 Å². The van der Waals surface area contributed by atoms with Crippen molar-refractivity contribution >= 4 is 23.2 Å². The van der Waals surface area contributed by atoms with Crippen molar-refractivity contribution in [2.45, 2.75) is 59.7 Å². The molecule has 152 valence electrons. The molecule has 0 saturated heterocycles. The first-order valence-corrected chi connectivity index (χ1v) is 10.5. The lowest BCUT2D eigenvalue weighted by molar-refractivity contribution is -0.142. The number of nitrogens with zero attached hydrogens (tertiary/aromatic N) is 2. The number of rotatable bonds is 9. The van der Waals surface area contributed by atoms with E-state index in [1.807, 2.05) is 39.8 Å². The molecule has 2 amide bonds. The fourth-order valence-electron chi connectivity index (χ4n) is 2.96. The fraction of sp³-hybridized carbons (Fsp3) is 0.455. The molecule has 1 aromatic heterocycles. The zero-order chi connectivity index (χ0) is 20.7. The molecule has 1 aromatic carbocycles. The standard InChI is InChI=1S/C22H29FN2O2S/c1-5-16(3)25(21(26)6-2)15-22(27)24(14-20-12-7-17(4)28-20)13-18-8-10-19(23)11-9-18/h7-12,16H,5-6,13-15H2,1-4H3. The minimum absolute atomic E-state index is 0.00746. The summed E-state index contributed by atoms with van der Waals surface area (Å²) in [7, 11) is 0. The molecule has 0 aliphatic rings. The summed E-state index contributed by atoms with van der Waals surface area (Å²) in [6.45, 7) is 8.74. The van der Waals surface area contributed by atoms with E-state index in [0.29, 0.717) is 19.5 Å². The van der Waals surface area contributed by atoms with Crippen molar-refractivity contribution in [3.63, 3.8) is 0 Å². The molecule has 1 heterocycles. The third-order valence-electron chi connectivity index (χ3n) is 4.83. The van der Waals surface area contributed by atoms with Gasteiger partial charge in [0.1, 0.15) is 12.4 Å². The van der Waals surface area contributed by atoms with E-state index in [9.17, 15) is 14.0 Å². The van der Waals surface area contributed by atoms with Crippen molar-refractivity contribution in [1.82, 2.24) is 9.80 Å². The van der Waals surface area contributed by atoms with Crippen molar-refractivity contribution in [1.29, 1.82) is 0 Å². The largest absolute Gasteiger partial charge is 0.332 e. The highest BCUT2D eigenvalue weighted by Crippen LogP contribution is 2.19. The van der Waals surface area contributed by atoms with Gasteiger partial charge in [0.15, 0.2) is 0 Å². The van der Waals surface area contributed by atoms with Gasteiger partial charge in [-0.15, -0.1) is 11.3 Å². The number of carbonyl (C=O) groups excluding carboxylic acids is 2. The van der Waals surface area contributed by atoms with Crippen LogP contribution in [0.2, 0.25) is 0 Å². The normalized spacial score (nSPS) is 11.9. The first kappa shape index (κ1) is 22.1. The smallest absolute Gasteiger partial charge is 0.242 e. The van der Waals surface area contributed by atoms with Gasteiger partial charge < -0.3 is 9.80 Å². The Morgan fingerprint density at radius 1 is 1.04 bits per heavy atom. The second-order valence-corrected chi connectivity index (χ2v) is 8.39. The summed E-state index contributed by atoms with van der Waals surface area (Å²) < 4.78 is 13.2. The van der Waals surface area contributed by atoms with Crippen molar-refractivity contribution in [2.75, 3.05) is 6.54 Å². The topological polar surface area (TPSA) is 40.6 Å². The number of carbonyl (C=O) groups is 2. The highest BCUT2D eigenvalue weighted by Gasteiger charge is 2.24. The third kappa shape index (κ3) is 6.16. The van der Waals surface area contributed by atoms with E-state index in [-0.39, 0.29) is 30.2 Å². The Labute approximate surface area is 171 Å². The van der Waals surface area contributed by atoms with Gasteiger partial charge in [-0.2, -0.15) is 0 Å². The van der Waals surface area contributed by atoms with E-state index in [1.165, 1.54) is 17.0 Å². The predicted molar refractivity (Wildman–Crippen MR) is 111 cm³/mol. The number of thiophene rings is 1. The Morgan fingerprint density at radius 3 is 2.25 bits per heavy atom. The predicted octanol–water partition coefficient (Wildman–Crippen LogP) is 4.76. The van der Waals surface area contributed by atoms with Gasteiger partial charge in [-0.05, 0) is 50.1 Å². The van der Waals surface area contributed by atoms with Crippen LogP contribution < -0.4 is 0 Å². The Bertz CT molecular complexity index is 788. The third-order valence-corrected chi connectivity index (χ3v) is 5.82. The van der Waals surface area contributed by atoms with E-state index in [0.717, 1.165) is 16.9 Å². The minimum Gasteiger partial charge on any atom is -0.332 e. The van der Waals surface area contributed by atoms with Gasteiger partial charge in [0.2, 0.25) is 11.8 Å². The van der Waals surface area contributed by atoms with Gasteiger partial charge in [0.25, 0.3) is 0 Å². The number of aryl methyl sites for hydroxylation is 1. The second-order valence-electron chi connectivity index (χ2n) is 7.02. The van der Waals surface area contributed by atoms with E-state index in [1.54, 1.807) is 33.3 Å². The summed E-state index contributed by atoms with van der Waals surface area (Å²) in [5, 5.41) is 0. The molecule has 0 fully saturated rings. The summed E-state index contributed by atoms with van der Waals surface area (Å²) in [6, 6.07) is 10.3. The second kappa shape index (κ2) is 10.4. The fourth-order valence-corrected chi connectivity index (χ4v) is 3.87. The number of hydrogen-bond donors (Lipinski definition) is 0. The molecular formula is C22H29FN2O2S. The van der Waals surface area contributed by atoms with Gasteiger partial charge in [-0.3, -0.25) is 9.59 Å². The summed E-state index contributed by atoms with van der Waals surface area (Å²) in [5.74, 6) is -0.416. The molecular weight excluding hydrogens is 375 g/mol. The van der Waals surface area contributed by atoms with Gasteiger partial charge in [0.05, 0.1) is 6.54 Å². The van der Waals surface area contributed by atoms with Crippen LogP contribution in [0.5, 0.6) is 0 Å². The number of halogens is 1. The molecule has 0 radical (unpaired) electrons. The molecule has 28 heavy (non-hydrogen) atoms. The van der Waals surface area contributed by atoms with Gasteiger partial charge in [-0.25, -0.2) is 4.39 Å². The van der Waals surface area contributed by atoms with Crippen LogP contribution in [0.25, 0.3) is 0 Å². The monoisotopic (exact) mass is 404 g/mol. The number of hydrogen-bond acceptors (Lipinski definition) is 3. The first-order valence-electron chi connectivity index (χ1n) is 9.71. The first-order chi connectivity index (χ1) is 13.3. The molecule has 0 aliphatic heterocycles. The maximum Gasteiger partial charge on any atom is 0.242 e. The summed E-state index contributed by atoms with van der Waals surface area (Å²) in [4.78, 5) is 31.2. The lowest BCUT2D eigenvalue weighted by Gasteiger charge is -2.31. The number of benzene rings is 1. The summed E-state index contributed by atoms with van der Waals surface area (Å²) >= 11 is 1.65. The Hall–Kier alpha value is -2.21. The van der Waals surface area contributed by atoms with E-state index < -0.39 is 0 Å². The zero-order valence-corrected chi connectivity index (χ0v) is 17.9. The molecule has 0 N–H and O–H groups in total.